The smallest absolute Gasteiger partial charge is 0.449 e. The van der Waals surface area contributed by atoms with Gasteiger partial charge < -0.3 is 28.6 Å². The maximum atomic E-state index is 12.6. The maximum Gasteiger partial charge on any atom is 0.509 e. The molecule has 0 aliphatic carbocycles. The van der Waals surface area contributed by atoms with E-state index in [9.17, 15) is 14.4 Å². The van der Waals surface area contributed by atoms with E-state index >= 15 is 0 Å². The number of ether oxygens (including phenoxy) is 5. The van der Waals surface area contributed by atoms with Crippen molar-refractivity contribution in [2.24, 2.45) is 11.8 Å². The van der Waals surface area contributed by atoms with Crippen LogP contribution in [0.4, 0.5) is 14.4 Å². The lowest BCUT2D eigenvalue weighted by Gasteiger charge is -2.32. The number of carbonyl (C=O) groups excluding carboxylic acids is 3. The lowest BCUT2D eigenvalue weighted by Crippen LogP contribution is -2.44. The second kappa shape index (κ2) is 12.6. The number of likely N-dealkylation sites (tertiary alicyclic amines) is 1. The lowest BCUT2D eigenvalue weighted by molar-refractivity contribution is -0.00884. The van der Waals surface area contributed by atoms with Crippen molar-refractivity contribution in [1.82, 2.24) is 4.90 Å². The van der Waals surface area contributed by atoms with E-state index in [1.165, 1.54) is 7.11 Å². The fraction of sp³-hybridized carbons (Fsp3) is 0.864. The maximum absolute atomic E-state index is 12.6. The quantitative estimate of drug-likeness (QED) is 0.307. The third kappa shape index (κ3) is 8.45. The third-order valence-corrected chi connectivity index (χ3v) is 6.03. The minimum atomic E-state index is -0.729. The van der Waals surface area contributed by atoms with Crippen molar-refractivity contribution in [2.45, 2.75) is 84.0 Å². The molecule has 0 aromatic heterocycles. The minimum absolute atomic E-state index is 0.140. The molecule has 9 nitrogen and oxygen atoms in total. The number of hydrogen-bond donors (Lipinski definition) is 0. The molecule has 2 aliphatic rings. The molecule has 0 aromatic carbocycles. The fourth-order valence-electron chi connectivity index (χ4n) is 3.93. The monoisotopic (exact) mass is 443 g/mol. The van der Waals surface area contributed by atoms with Crippen LogP contribution in [0.25, 0.3) is 0 Å². The first-order valence-electron chi connectivity index (χ1n) is 11.3. The minimum Gasteiger partial charge on any atom is -0.449 e. The molecule has 31 heavy (non-hydrogen) atoms. The second-order valence-corrected chi connectivity index (χ2v) is 8.73. The van der Waals surface area contributed by atoms with E-state index in [0.717, 1.165) is 44.9 Å². The van der Waals surface area contributed by atoms with Gasteiger partial charge in [-0.3, -0.25) is 0 Å². The molecule has 0 radical (unpaired) electrons. The van der Waals surface area contributed by atoms with Gasteiger partial charge in [-0.2, -0.15) is 0 Å². The van der Waals surface area contributed by atoms with Crippen LogP contribution < -0.4 is 0 Å². The van der Waals surface area contributed by atoms with E-state index in [2.05, 4.69) is 4.74 Å². The van der Waals surface area contributed by atoms with Gasteiger partial charge in [-0.15, -0.1) is 0 Å². The molecule has 0 spiro atoms. The Hall–Kier alpha value is -2.19. The van der Waals surface area contributed by atoms with E-state index in [4.69, 9.17) is 18.9 Å². The van der Waals surface area contributed by atoms with Gasteiger partial charge >= 0.3 is 18.4 Å². The van der Waals surface area contributed by atoms with E-state index in [1.54, 1.807) is 4.90 Å². The Morgan fingerprint density at radius 3 is 2.65 bits per heavy atom. The predicted molar refractivity (Wildman–Crippen MR) is 112 cm³/mol. The SMILES string of the molecule is COC(=O)OC1CN(C(=O)OCC(C)CCCCC2OC(=O)OC2C)CCCCC1C. The molecular weight excluding hydrogens is 406 g/mol. The molecule has 9 heteroatoms. The van der Waals surface area contributed by atoms with Gasteiger partial charge in [0.15, 0.2) is 0 Å². The Balaban J connectivity index is 1.70. The summed E-state index contributed by atoms with van der Waals surface area (Å²) in [7, 11) is 1.28. The highest BCUT2D eigenvalue weighted by molar-refractivity contribution is 5.67. The van der Waals surface area contributed by atoms with Crippen molar-refractivity contribution < 1.29 is 38.1 Å². The first-order valence-corrected chi connectivity index (χ1v) is 11.3. The average Bonchev–Trinajstić information content (AvgIpc) is 3.05. The Bertz CT molecular complexity index is 598. The van der Waals surface area contributed by atoms with Gasteiger partial charge in [-0.1, -0.05) is 26.7 Å². The van der Waals surface area contributed by atoms with Crippen LogP contribution >= 0.6 is 0 Å². The molecule has 2 fully saturated rings. The zero-order chi connectivity index (χ0) is 22.8. The number of nitrogens with zero attached hydrogens (tertiary/aromatic N) is 1. The van der Waals surface area contributed by atoms with Crippen LogP contribution in [-0.4, -0.2) is 68.4 Å². The van der Waals surface area contributed by atoms with Crippen molar-refractivity contribution in [2.75, 3.05) is 26.8 Å². The number of methoxy groups -OCH3 is 1. The van der Waals surface area contributed by atoms with Gasteiger partial charge in [-0.05, 0) is 50.9 Å². The zero-order valence-electron chi connectivity index (χ0n) is 19.2. The van der Waals surface area contributed by atoms with Gasteiger partial charge in [0.05, 0.1) is 20.3 Å². The third-order valence-electron chi connectivity index (χ3n) is 6.03. The van der Waals surface area contributed by atoms with Crippen LogP contribution in [0.2, 0.25) is 0 Å². The van der Waals surface area contributed by atoms with Crippen molar-refractivity contribution >= 4 is 18.4 Å². The van der Waals surface area contributed by atoms with Crippen LogP contribution in [0.3, 0.4) is 0 Å². The summed E-state index contributed by atoms with van der Waals surface area (Å²) >= 11 is 0. The van der Waals surface area contributed by atoms with Crippen LogP contribution in [0.15, 0.2) is 0 Å². The normalized spacial score (nSPS) is 27.4. The Morgan fingerprint density at radius 2 is 1.97 bits per heavy atom. The summed E-state index contributed by atoms with van der Waals surface area (Å²) in [5.41, 5.74) is 0. The highest BCUT2D eigenvalue weighted by Crippen LogP contribution is 2.23. The van der Waals surface area contributed by atoms with Crippen LogP contribution in [0.1, 0.15) is 65.7 Å². The molecule has 5 unspecified atom stereocenters. The van der Waals surface area contributed by atoms with E-state index in [0.29, 0.717) is 19.7 Å². The fourth-order valence-corrected chi connectivity index (χ4v) is 3.93. The molecule has 0 bridgehead atoms. The van der Waals surface area contributed by atoms with Crippen LogP contribution in [0, 0.1) is 11.8 Å². The van der Waals surface area contributed by atoms with E-state index < -0.39 is 18.4 Å². The summed E-state index contributed by atoms with van der Waals surface area (Å²) in [4.78, 5) is 36.9. The lowest BCUT2D eigenvalue weighted by atomic mass is 9.95. The molecule has 0 N–H and O–H groups in total. The standard InChI is InChI=1S/C22H37NO8/c1-15(9-5-6-11-18-17(3)29-22(26)30-18)14-28-20(24)23-12-8-7-10-16(2)19(13-23)31-21(25)27-4/h15-19H,5-14H2,1-4H3. The molecular formula is C22H37NO8. The van der Waals surface area contributed by atoms with Gasteiger partial charge in [-0.25, -0.2) is 14.4 Å². The second-order valence-electron chi connectivity index (χ2n) is 8.73. The summed E-state index contributed by atoms with van der Waals surface area (Å²) in [6.07, 6.45) is 3.88. The topological polar surface area (TPSA) is 101 Å². The van der Waals surface area contributed by atoms with Gasteiger partial charge in [0.1, 0.15) is 18.3 Å². The number of cyclic esters (lactones) is 2. The van der Waals surface area contributed by atoms with Crippen molar-refractivity contribution in [3.8, 4) is 0 Å². The molecule has 2 rings (SSSR count). The molecule has 0 aromatic rings. The van der Waals surface area contributed by atoms with Gasteiger partial charge in [0.25, 0.3) is 0 Å². The predicted octanol–water partition coefficient (Wildman–Crippen LogP) is 4.52. The van der Waals surface area contributed by atoms with Crippen molar-refractivity contribution in [3.63, 3.8) is 0 Å². The number of amides is 1. The highest BCUT2D eigenvalue weighted by Gasteiger charge is 2.32. The summed E-state index contributed by atoms with van der Waals surface area (Å²) in [6.45, 7) is 7.14. The molecule has 2 saturated heterocycles. The average molecular weight is 444 g/mol. The highest BCUT2D eigenvalue weighted by atomic mass is 16.8. The van der Waals surface area contributed by atoms with E-state index in [1.807, 2.05) is 20.8 Å². The Morgan fingerprint density at radius 1 is 1.19 bits per heavy atom. The Kier molecular flexibility index (Phi) is 10.2. The van der Waals surface area contributed by atoms with Gasteiger partial charge in [0, 0.05) is 6.54 Å². The molecule has 5 atom stereocenters. The van der Waals surface area contributed by atoms with Crippen molar-refractivity contribution in [1.29, 1.82) is 0 Å². The first-order chi connectivity index (χ1) is 14.8. The molecule has 178 valence electrons. The summed E-state index contributed by atoms with van der Waals surface area (Å²) in [5, 5.41) is 0. The van der Waals surface area contributed by atoms with E-state index in [-0.39, 0.29) is 30.1 Å². The molecule has 2 heterocycles. The van der Waals surface area contributed by atoms with Gasteiger partial charge in [0.2, 0.25) is 0 Å². The molecule has 2 aliphatic heterocycles. The molecule has 0 saturated carbocycles. The zero-order valence-corrected chi connectivity index (χ0v) is 19.2. The Labute approximate surface area is 184 Å². The number of carbonyl (C=O) groups is 3. The van der Waals surface area contributed by atoms with Crippen LogP contribution in [0.5, 0.6) is 0 Å². The van der Waals surface area contributed by atoms with Crippen LogP contribution in [-0.2, 0) is 23.7 Å². The van der Waals surface area contributed by atoms with Crippen molar-refractivity contribution in [3.05, 3.63) is 0 Å². The summed E-state index contributed by atoms with van der Waals surface area (Å²) in [5.74, 6) is 0.362. The largest absolute Gasteiger partial charge is 0.509 e. The summed E-state index contributed by atoms with van der Waals surface area (Å²) < 4.78 is 25.6. The number of rotatable bonds is 8. The summed E-state index contributed by atoms with van der Waals surface area (Å²) in [6, 6.07) is 0. The first kappa shape index (κ1) is 25.1. The number of hydrogen-bond acceptors (Lipinski definition) is 8. The number of unbranched alkanes of at least 4 members (excludes halogenated alkanes) is 1. The molecule has 1 amide bonds.